The third-order valence-electron chi connectivity index (χ3n) is 5.66. The first kappa shape index (κ1) is 20.1. The lowest BCUT2D eigenvalue weighted by Gasteiger charge is -2.34. The third kappa shape index (κ3) is 3.44. The van der Waals surface area contributed by atoms with E-state index in [1.54, 1.807) is 13.0 Å². The number of nitrogens with one attached hydrogen (secondary N) is 1. The molecule has 30 heavy (non-hydrogen) atoms. The summed E-state index contributed by atoms with van der Waals surface area (Å²) >= 11 is 0. The number of benzene rings is 1. The first-order chi connectivity index (χ1) is 14.3. The number of fused-ring (bicyclic) bond motifs is 4. The molecule has 2 aliphatic heterocycles. The topological polar surface area (TPSA) is 91.6 Å². The van der Waals surface area contributed by atoms with E-state index in [0.29, 0.717) is 0 Å². The molecule has 0 spiro atoms. The predicted octanol–water partition coefficient (Wildman–Crippen LogP) is 2.06. The van der Waals surface area contributed by atoms with E-state index in [9.17, 15) is 28.3 Å². The fraction of sp³-hybridized carbons (Fsp3) is 0.381. The first-order valence-electron chi connectivity index (χ1n) is 9.71. The van der Waals surface area contributed by atoms with Crippen LogP contribution in [0.3, 0.4) is 0 Å². The number of halogens is 2. The smallest absolute Gasteiger partial charge is 0.274 e. The van der Waals surface area contributed by atoms with Crippen LogP contribution in [0.1, 0.15) is 50.9 Å². The van der Waals surface area contributed by atoms with Gasteiger partial charge in [0.15, 0.2) is 11.4 Å². The number of nitrogens with zero attached hydrogens (tertiary/aromatic N) is 2. The standard InChI is InChI=1S/C21H21F2N3O4/c1-11-2-3-12(16(23)6-11)8-24-20(29)15-10-26-14-7-13(22)4-5-25(9-14)21(30)17(26)19(28)18(15)27/h2-3,6,10,13-14,28H,4-5,7-9H2,1H3,(H,24,29). The number of pyridine rings is 1. The number of aromatic nitrogens is 1. The molecular weight excluding hydrogens is 396 g/mol. The van der Waals surface area contributed by atoms with Crippen molar-refractivity contribution in [3.63, 3.8) is 0 Å². The lowest BCUT2D eigenvalue weighted by Crippen LogP contribution is -2.44. The third-order valence-corrected chi connectivity index (χ3v) is 5.66. The van der Waals surface area contributed by atoms with Crippen LogP contribution < -0.4 is 10.7 Å². The van der Waals surface area contributed by atoms with Gasteiger partial charge < -0.3 is 19.9 Å². The summed E-state index contributed by atoms with van der Waals surface area (Å²) in [7, 11) is 0. The number of hydrogen-bond donors (Lipinski definition) is 2. The van der Waals surface area contributed by atoms with Crippen molar-refractivity contribution in [1.29, 1.82) is 0 Å². The molecule has 3 heterocycles. The SMILES string of the molecule is Cc1ccc(CNC(=O)c2cn3c(c(O)c2=O)C(=O)N2CCC(F)CC3C2)c(F)c1. The molecule has 2 aromatic rings. The summed E-state index contributed by atoms with van der Waals surface area (Å²) in [5.74, 6) is -2.70. The Balaban J connectivity index is 1.67. The van der Waals surface area contributed by atoms with Crippen LogP contribution in [0.2, 0.25) is 0 Å². The average Bonchev–Trinajstić information content (AvgIpc) is 2.87. The molecule has 1 saturated heterocycles. The van der Waals surface area contributed by atoms with Crippen LogP contribution in [-0.4, -0.2) is 45.6 Å². The Morgan fingerprint density at radius 1 is 1.33 bits per heavy atom. The molecule has 1 aromatic heterocycles. The maximum atomic E-state index is 14.1. The van der Waals surface area contributed by atoms with E-state index in [2.05, 4.69) is 5.32 Å². The molecule has 0 radical (unpaired) electrons. The number of aromatic hydroxyl groups is 1. The van der Waals surface area contributed by atoms with Gasteiger partial charge in [0.1, 0.15) is 17.6 Å². The molecule has 9 heteroatoms. The molecule has 2 atom stereocenters. The molecular formula is C21H21F2N3O4. The van der Waals surface area contributed by atoms with Crippen molar-refractivity contribution in [1.82, 2.24) is 14.8 Å². The summed E-state index contributed by atoms with van der Waals surface area (Å²) in [6.07, 6.45) is 0.337. The number of carbonyl (C=O) groups excluding carboxylic acids is 2. The van der Waals surface area contributed by atoms with Gasteiger partial charge in [-0.25, -0.2) is 8.78 Å². The van der Waals surface area contributed by atoms with E-state index in [0.717, 1.165) is 5.56 Å². The molecule has 2 bridgehead atoms. The highest BCUT2D eigenvalue weighted by molar-refractivity contribution is 5.99. The van der Waals surface area contributed by atoms with Crippen molar-refractivity contribution in [2.75, 3.05) is 13.1 Å². The molecule has 2 amide bonds. The Labute approximate surface area is 170 Å². The Kier molecular flexibility index (Phi) is 5.05. The van der Waals surface area contributed by atoms with Crippen molar-refractivity contribution in [2.24, 2.45) is 0 Å². The van der Waals surface area contributed by atoms with E-state index >= 15 is 0 Å². The lowest BCUT2D eigenvalue weighted by atomic mass is 10.0. The summed E-state index contributed by atoms with van der Waals surface area (Å²) in [6, 6.07) is 4.06. The second-order valence-electron chi connectivity index (χ2n) is 7.78. The van der Waals surface area contributed by atoms with Crippen molar-refractivity contribution in [3.05, 3.63) is 62.8 Å². The molecule has 1 fully saturated rings. The van der Waals surface area contributed by atoms with Gasteiger partial charge in [-0.3, -0.25) is 14.4 Å². The van der Waals surface area contributed by atoms with Crippen LogP contribution in [0.4, 0.5) is 8.78 Å². The van der Waals surface area contributed by atoms with Gasteiger partial charge in [-0.2, -0.15) is 0 Å². The second kappa shape index (κ2) is 7.55. The maximum absolute atomic E-state index is 14.1. The number of alkyl halides is 1. The van der Waals surface area contributed by atoms with Crippen LogP contribution in [0.15, 0.2) is 29.2 Å². The van der Waals surface area contributed by atoms with Gasteiger partial charge in [-0.1, -0.05) is 12.1 Å². The number of hydrogen-bond acceptors (Lipinski definition) is 4. The molecule has 2 N–H and O–H groups in total. The normalized spacial score (nSPS) is 20.5. The minimum atomic E-state index is -1.14. The summed E-state index contributed by atoms with van der Waals surface area (Å²) in [6.45, 7) is 2.02. The van der Waals surface area contributed by atoms with Gasteiger partial charge in [-0.15, -0.1) is 0 Å². The van der Waals surface area contributed by atoms with Crippen molar-refractivity contribution >= 4 is 11.8 Å². The largest absolute Gasteiger partial charge is 0.503 e. The molecule has 0 saturated carbocycles. The maximum Gasteiger partial charge on any atom is 0.274 e. The van der Waals surface area contributed by atoms with Gasteiger partial charge in [0.2, 0.25) is 5.43 Å². The van der Waals surface area contributed by atoms with Gasteiger partial charge in [0, 0.05) is 37.8 Å². The van der Waals surface area contributed by atoms with Crippen molar-refractivity contribution in [2.45, 2.75) is 38.5 Å². The molecule has 2 aliphatic rings. The number of rotatable bonds is 3. The fourth-order valence-corrected chi connectivity index (χ4v) is 4.01. The molecule has 0 aliphatic carbocycles. The van der Waals surface area contributed by atoms with Crippen LogP contribution in [0.25, 0.3) is 0 Å². The minimum absolute atomic E-state index is 0.106. The summed E-state index contributed by atoms with van der Waals surface area (Å²) in [5.41, 5.74) is -0.635. The Morgan fingerprint density at radius 2 is 2.10 bits per heavy atom. The summed E-state index contributed by atoms with van der Waals surface area (Å²) in [4.78, 5) is 39.3. The molecule has 158 valence electrons. The fourth-order valence-electron chi connectivity index (χ4n) is 4.01. The Hall–Kier alpha value is -3.23. The lowest BCUT2D eigenvalue weighted by molar-refractivity contribution is 0.0677. The summed E-state index contributed by atoms with van der Waals surface area (Å²) in [5, 5.41) is 12.9. The van der Waals surface area contributed by atoms with E-state index in [1.807, 2.05) is 0 Å². The second-order valence-corrected chi connectivity index (χ2v) is 7.78. The molecule has 7 nitrogen and oxygen atoms in total. The minimum Gasteiger partial charge on any atom is -0.503 e. The monoisotopic (exact) mass is 417 g/mol. The highest BCUT2D eigenvalue weighted by atomic mass is 19.1. The molecule has 2 unspecified atom stereocenters. The highest BCUT2D eigenvalue weighted by Gasteiger charge is 2.38. The van der Waals surface area contributed by atoms with Crippen LogP contribution in [-0.2, 0) is 6.54 Å². The Bertz CT molecular complexity index is 1100. The average molecular weight is 417 g/mol. The van der Waals surface area contributed by atoms with Crippen molar-refractivity contribution in [3.8, 4) is 5.75 Å². The number of amides is 2. The van der Waals surface area contributed by atoms with E-state index < -0.39 is 41.0 Å². The van der Waals surface area contributed by atoms with Gasteiger partial charge >= 0.3 is 0 Å². The summed E-state index contributed by atoms with van der Waals surface area (Å²) < 4.78 is 29.4. The molecule has 1 aromatic carbocycles. The van der Waals surface area contributed by atoms with Crippen LogP contribution in [0, 0.1) is 12.7 Å². The number of carbonyl (C=O) groups is 2. The van der Waals surface area contributed by atoms with Crippen LogP contribution in [0.5, 0.6) is 5.75 Å². The zero-order chi connectivity index (χ0) is 21.6. The van der Waals surface area contributed by atoms with Gasteiger partial charge in [-0.05, 0) is 25.0 Å². The van der Waals surface area contributed by atoms with Gasteiger partial charge in [0.25, 0.3) is 11.8 Å². The van der Waals surface area contributed by atoms with E-state index in [4.69, 9.17) is 0 Å². The molecule has 4 rings (SSSR count). The predicted molar refractivity (Wildman–Crippen MR) is 104 cm³/mol. The Morgan fingerprint density at radius 3 is 2.83 bits per heavy atom. The zero-order valence-electron chi connectivity index (χ0n) is 16.3. The van der Waals surface area contributed by atoms with Crippen molar-refractivity contribution < 1.29 is 23.5 Å². The first-order valence-corrected chi connectivity index (χ1v) is 9.71. The van der Waals surface area contributed by atoms with Crippen LogP contribution >= 0.6 is 0 Å². The quantitative estimate of drug-likeness (QED) is 0.800. The van der Waals surface area contributed by atoms with Gasteiger partial charge in [0.05, 0.1) is 6.04 Å². The van der Waals surface area contributed by atoms with E-state index in [-0.39, 0.29) is 49.3 Å². The highest BCUT2D eigenvalue weighted by Crippen LogP contribution is 2.32. The zero-order valence-corrected chi connectivity index (χ0v) is 16.3. The number of aryl methyl sites for hydroxylation is 1. The van der Waals surface area contributed by atoms with E-state index in [1.165, 1.54) is 27.8 Å².